The summed E-state index contributed by atoms with van der Waals surface area (Å²) in [5.74, 6) is 0.660. The predicted octanol–water partition coefficient (Wildman–Crippen LogP) is 4.63. The van der Waals surface area contributed by atoms with Crippen molar-refractivity contribution in [2.75, 3.05) is 26.2 Å². The summed E-state index contributed by atoms with van der Waals surface area (Å²) in [6, 6.07) is 8.10. The quantitative estimate of drug-likeness (QED) is 0.349. The number of ether oxygens (including phenoxy) is 1. The van der Waals surface area contributed by atoms with E-state index in [0.717, 1.165) is 22.3 Å². The number of alkyl halides is 3. The van der Waals surface area contributed by atoms with Crippen LogP contribution in [0.3, 0.4) is 0 Å². The van der Waals surface area contributed by atoms with Crippen molar-refractivity contribution in [3.63, 3.8) is 0 Å². The largest absolute Gasteiger partial charge is 0.434 e. The zero-order chi connectivity index (χ0) is 20.1. The number of aromatic nitrogens is 1. The van der Waals surface area contributed by atoms with Crippen molar-refractivity contribution in [1.82, 2.24) is 15.2 Å². The molecule has 1 aliphatic rings. The van der Waals surface area contributed by atoms with E-state index in [9.17, 15) is 13.2 Å². The van der Waals surface area contributed by atoms with Gasteiger partial charge in [-0.3, -0.25) is 0 Å². The Kier molecular flexibility index (Phi) is 8.71. The normalized spacial score (nSPS) is 17.8. The third kappa shape index (κ3) is 6.29. The minimum Gasteiger partial charge on any atom is -0.370 e. The average molecular weight is 540 g/mol. The summed E-state index contributed by atoms with van der Waals surface area (Å²) in [4.78, 5) is 10.2. The zero-order valence-electron chi connectivity index (χ0n) is 16.2. The van der Waals surface area contributed by atoms with Gasteiger partial charge in [0.25, 0.3) is 0 Å². The van der Waals surface area contributed by atoms with Crippen LogP contribution in [0.4, 0.5) is 13.2 Å². The Morgan fingerprint density at radius 1 is 1.38 bits per heavy atom. The summed E-state index contributed by atoms with van der Waals surface area (Å²) in [6.07, 6.45) is -4.50. The van der Waals surface area contributed by atoms with Gasteiger partial charge < -0.3 is 15.0 Å². The molecule has 2 heterocycles. The first kappa shape index (κ1) is 23.9. The highest BCUT2D eigenvalue weighted by Crippen LogP contribution is 2.30. The highest BCUT2D eigenvalue weighted by atomic mass is 127. The van der Waals surface area contributed by atoms with Gasteiger partial charge in [-0.15, -0.1) is 35.3 Å². The molecule has 1 aromatic heterocycles. The number of aliphatic imine (C=N–C) groups is 1. The molecule has 0 aliphatic carbocycles. The standard InChI is InChI=1S/C19H23F3N4OS.HI/c1-3-23-18(24-10-17-25-16(12-28-17)19(20,21)22)26-8-9-27-15(11-26)14-7-5-4-6-13(14)2;/h4-7,12,15H,3,8-11H2,1-2H3,(H,23,24);1H. The summed E-state index contributed by atoms with van der Waals surface area (Å²) in [6.45, 7) is 6.63. The summed E-state index contributed by atoms with van der Waals surface area (Å²) in [5.41, 5.74) is 1.44. The molecular weight excluding hydrogens is 516 g/mol. The Hall–Kier alpha value is -1.40. The Balaban J connectivity index is 0.00000300. The SMILES string of the molecule is CCNC(=NCc1nc(C(F)(F)F)cs1)N1CCOC(c2ccccc2C)C1.I. The number of benzene rings is 1. The molecule has 0 amide bonds. The van der Waals surface area contributed by atoms with E-state index in [4.69, 9.17) is 4.74 Å². The molecule has 0 bridgehead atoms. The van der Waals surface area contributed by atoms with Crippen LogP contribution in [0.15, 0.2) is 34.6 Å². The van der Waals surface area contributed by atoms with Gasteiger partial charge in [-0.05, 0) is 25.0 Å². The van der Waals surface area contributed by atoms with Crippen molar-refractivity contribution in [3.8, 4) is 0 Å². The van der Waals surface area contributed by atoms with Crippen LogP contribution in [-0.2, 0) is 17.5 Å². The molecule has 1 unspecified atom stereocenters. The average Bonchev–Trinajstić information content (AvgIpc) is 3.15. The first-order valence-corrected chi connectivity index (χ1v) is 9.98. The fraction of sp³-hybridized carbons (Fsp3) is 0.474. The Morgan fingerprint density at radius 2 is 2.14 bits per heavy atom. The van der Waals surface area contributed by atoms with Gasteiger partial charge in [0.1, 0.15) is 11.1 Å². The van der Waals surface area contributed by atoms with Crippen molar-refractivity contribution >= 4 is 41.3 Å². The Morgan fingerprint density at radius 3 is 2.79 bits per heavy atom. The van der Waals surface area contributed by atoms with Crippen LogP contribution < -0.4 is 5.32 Å². The van der Waals surface area contributed by atoms with Gasteiger partial charge in [0.2, 0.25) is 0 Å². The number of hydrogen-bond donors (Lipinski definition) is 1. The monoisotopic (exact) mass is 540 g/mol. The summed E-state index contributed by atoms with van der Waals surface area (Å²) >= 11 is 0.973. The molecule has 0 radical (unpaired) electrons. The van der Waals surface area contributed by atoms with Gasteiger partial charge >= 0.3 is 6.18 Å². The fourth-order valence-corrected chi connectivity index (χ4v) is 3.78. The van der Waals surface area contributed by atoms with Gasteiger partial charge in [0.05, 0.1) is 19.7 Å². The molecule has 29 heavy (non-hydrogen) atoms. The molecule has 1 fully saturated rings. The van der Waals surface area contributed by atoms with Gasteiger partial charge in [-0.25, -0.2) is 9.98 Å². The van der Waals surface area contributed by atoms with E-state index >= 15 is 0 Å². The molecule has 1 saturated heterocycles. The van der Waals surface area contributed by atoms with Crippen LogP contribution in [0.2, 0.25) is 0 Å². The van der Waals surface area contributed by atoms with Crippen molar-refractivity contribution in [1.29, 1.82) is 0 Å². The van der Waals surface area contributed by atoms with Crippen LogP contribution in [0.1, 0.15) is 34.9 Å². The maximum absolute atomic E-state index is 12.7. The van der Waals surface area contributed by atoms with E-state index in [1.807, 2.05) is 19.1 Å². The maximum atomic E-state index is 12.7. The number of halogens is 4. The van der Waals surface area contributed by atoms with Crippen molar-refractivity contribution in [3.05, 3.63) is 51.5 Å². The Bertz CT molecular complexity index is 828. The molecule has 10 heteroatoms. The Labute approximate surface area is 189 Å². The van der Waals surface area contributed by atoms with E-state index in [2.05, 4.69) is 39.2 Å². The molecule has 160 valence electrons. The van der Waals surface area contributed by atoms with Crippen molar-refractivity contribution < 1.29 is 17.9 Å². The summed E-state index contributed by atoms with van der Waals surface area (Å²) < 4.78 is 44.1. The third-order valence-corrected chi connectivity index (χ3v) is 5.28. The number of thiazole rings is 1. The molecule has 1 aromatic carbocycles. The van der Waals surface area contributed by atoms with Crippen molar-refractivity contribution in [2.24, 2.45) is 4.99 Å². The first-order valence-electron chi connectivity index (χ1n) is 9.10. The number of rotatable bonds is 4. The van der Waals surface area contributed by atoms with E-state index < -0.39 is 11.9 Å². The molecule has 1 N–H and O–H groups in total. The number of guanidine groups is 1. The van der Waals surface area contributed by atoms with Crippen LogP contribution in [0.25, 0.3) is 0 Å². The second kappa shape index (κ2) is 10.6. The topological polar surface area (TPSA) is 49.8 Å². The van der Waals surface area contributed by atoms with E-state index in [1.165, 1.54) is 5.56 Å². The van der Waals surface area contributed by atoms with Crippen molar-refractivity contribution in [2.45, 2.75) is 32.7 Å². The number of aryl methyl sites for hydroxylation is 1. The summed E-state index contributed by atoms with van der Waals surface area (Å²) in [5, 5.41) is 4.59. The lowest BCUT2D eigenvalue weighted by Gasteiger charge is -2.35. The molecule has 5 nitrogen and oxygen atoms in total. The fourth-order valence-electron chi connectivity index (χ4n) is 3.06. The summed E-state index contributed by atoms with van der Waals surface area (Å²) in [7, 11) is 0. The number of nitrogens with one attached hydrogen (secondary N) is 1. The molecular formula is C19H24F3IN4OS. The molecule has 0 saturated carbocycles. The first-order chi connectivity index (χ1) is 13.4. The molecule has 1 atom stereocenters. The smallest absolute Gasteiger partial charge is 0.370 e. The van der Waals surface area contributed by atoms with Crippen LogP contribution in [0.5, 0.6) is 0 Å². The lowest BCUT2D eigenvalue weighted by Crippen LogP contribution is -2.48. The highest BCUT2D eigenvalue weighted by molar-refractivity contribution is 14.0. The van der Waals surface area contributed by atoms with E-state index in [0.29, 0.717) is 37.2 Å². The lowest BCUT2D eigenvalue weighted by molar-refractivity contribution is -0.140. The van der Waals surface area contributed by atoms with Crippen LogP contribution >= 0.6 is 35.3 Å². The van der Waals surface area contributed by atoms with Gasteiger partial charge in [0.15, 0.2) is 11.7 Å². The van der Waals surface area contributed by atoms with Gasteiger partial charge in [-0.1, -0.05) is 24.3 Å². The number of nitrogens with zero attached hydrogens (tertiary/aromatic N) is 3. The van der Waals surface area contributed by atoms with Gasteiger partial charge in [-0.2, -0.15) is 13.2 Å². The van der Waals surface area contributed by atoms with Gasteiger partial charge in [0, 0.05) is 18.5 Å². The van der Waals surface area contributed by atoms with Crippen LogP contribution in [0, 0.1) is 6.92 Å². The molecule has 3 rings (SSSR count). The molecule has 2 aromatic rings. The number of hydrogen-bond acceptors (Lipinski definition) is 4. The second-order valence-electron chi connectivity index (χ2n) is 6.46. The zero-order valence-corrected chi connectivity index (χ0v) is 19.3. The predicted molar refractivity (Wildman–Crippen MR) is 119 cm³/mol. The van der Waals surface area contributed by atoms with E-state index in [-0.39, 0.29) is 36.6 Å². The third-order valence-electron chi connectivity index (χ3n) is 4.44. The minimum absolute atomic E-state index is 0. The maximum Gasteiger partial charge on any atom is 0.434 e. The lowest BCUT2D eigenvalue weighted by atomic mass is 10.0. The highest BCUT2D eigenvalue weighted by Gasteiger charge is 2.33. The minimum atomic E-state index is -4.42. The number of morpholine rings is 1. The molecule has 0 spiro atoms. The molecule has 1 aliphatic heterocycles. The van der Waals surface area contributed by atoms with E-state index in [1.54, 1.807) is 0 Å². The van der Waals surface area contributed by atoms with Crippen LogP contribution in [-0.4, -0.2) is 42.1 Å². The second-order valence-corrected chi connectivity index (χ2v) is 7.40.